The Balaban J connectivity index is 4.24. The lowest BCUT2D eigenvalue weighted by molar-refractivity contribution is -0.143. The molecular formula is C12H23NO4. The fourth-order valence-corrected chi connectivity index (χ4v) is 1.49. The van der Waals surface area contributed by atoms with E-state index in [2.05, 4.69) is 5.32 Å². The van der Waals surface area contributed by atoms with Gasteiger partial charge in [0.05, 0.1) is 0 Å². The van der Waals surface area contributed by atoms with Crippen molar-refractivity contribution in [2.75, 3.05) is 0 Å². The molecule has 0 bridgehead atoms. The van der Waals surface area contributed by atoms with Crippen molar-refractivity contribution in [3.63, 3.8) is 0 Å². The second-order valence-electron chi connectivity index (χ2n) is 4.69. The molecule has 17 heavy (non-hydrogen) atoms. The van der Waals surface area contributed by atoms with Gasteiger partial charge in [0.25, 0.3) is 0 Å². The van der Waals surface area contributed by atoms with E-state index in [1.165, 1.54) is 0 Å². The molecule has 1 amide bonds. The van der Waals surface area contributed by atoms with Crippen LogP contribution in [0.5, 0.6) is 0 Å². The minimum absolute atomic E-state index is 0.190. The second-order valence-corrected chi connectivity index (χ2v) is 4.69. The first kappa shape index (κ1) is 15.9. The van der Waals surface area contributed by atoms with Crippen molar-refractivity contribution in [2.24, 2.45) is 5.92 Å². The molecule has 0 spiro atoms. The Kier molecular flexibility index (Phi) is 7.54. The Morgan fingerprint density at radius 2 is 1.88 bits per heavy atom. The maximum absolute atomic E-state index is 11.5. The van der Waals surface area contributed by atoms with Gasteiger partial charge in [0.2, 0.25) is 5.91 Å². The van der Waals surface area contributed by atoms with Gasteiger partial charge in [-0.2, -0.15) is 0 Å². The van der Waals surface area contributed by atoms with Crippen LogP contribution in [0.3, 0.4) is 0 Å². The number of carbonyl (C=O) groups excluding carboxylic acids is 1. The molecule has 3 N–H and O–H groups in total. The maximum atomic E-state index is 11.5. The summed E-state index contributed by atoms with van der Waals surface area (Å²) in [6.45, 7) is 5.73. The average molecular weight is 245 g/mol. The molecule has 0 aromatic rings. The van der Waals surface area contributed by atoms with Crippen molar-refractivity contribution in [3.8, 4) is 0 Å². The number of hydrogen-bond donors (Lipinski definition) is 3. The van der Waals surface area contributed by atoms with E-state index in [1.54, 1.807) is 0 Å². The van der Waals surface area contributed by atoms with Crippen LogP contribution in [-0.2, 0) is 9.59 Å². The highest BCUT2D eigenvalue weighted by Gasteiger charge is 2.23. The van der Waals surface area contributed by atoms with Crippen molar-refractivity contribution < 1.29 is 19.8 Å². The highest BCUT2D eigenvalue weighted by molar-refractivity contribution is 5.86. The SMILES string of the molecule is CCCC[C@@H](NC(=O)[C@H](O)CC(C)C)C(=O)O. The summed E-state index contributed by atoms with van der Waals surface area (Å²) in [5.41, 5.74) is 0. The molecule has 0 aromatic heterocycles. The Morgan fingerprint density at radius 3 is 2.29 bits per heavy atom. The zero-order chi connectivity index (χ0) is 13.4. The van der Waals surface area contributed by atoms with E-state index in [4.69, 9.17) is 5.11 Å². The number of aliphatic hydroxyl groups excluding tert-OH is 1. The van der Waals surface area contributed by atoms with E-state index in [0.29, 0.717) is 12.8 Å². The zero-order valence-corrected chi connectivity index (χ0v) is 10.8. The van der Waals surface area contributed by atoms with E-state index in [0.717, 1.165) is 12.8 Å². The number of carboxylic acids is 1. The highest BCUT2D eigenvalue weighted by atomic mass is 16.4. The molecule has 0 radical (unpaired) electrons. The summed E-state index contributed by atoms with van der Waals surface area (Å²) in [7, 11) is 0. The van der Waals surface area contributed by atoms with E-state index in [1.807, 2.05) is 20.8 Å². The first-order valence-corrected chi connectivity index (χ1v) is 6.09. The van der Waals surface area contributed by atoms with Crippen LogP contribution in [0.1, 0.15) is 46.5 Å². The van der Waals surface area contributed by atoms with Crippen LogP contribution in [0.4, 0.5) is 0 Å². The molecular weight excluding hydrogens is 222 g/mol. The van der Waals surface area contributed by atoms with Crippen molar-refractivity contribution in [2.45, 2.75) is 58.6 Å². The molecule has 0 rings (SSSR count). The fraction of sp³-hybridized carbons (Fsp3) is 0.833. The molecule has 5 nitrogen and oxygen atoms in total. The molecule has 0 aliphatic rings. The third-order valence-electron chi connectivity index (χ3n) is 2.46. The largest absolute Gasteiger partial charge is 0.480 e. The Morgan fingerprint density at radius 1 is 1.29 bits per heavy atom. The minimum atomic E-state index is -1.13. The van der Waals surface area contributed by atoms with Crippen LogP contribution in [0, 0.1) is 5.92 Å². The van der Waals surface area contributed by atoms with Gasteiger partial charge in [-0.3, -0.25) is 4.79 Å². The predicted molar refractivity (Wildman–Crippen MR) is 64.6 cm³/mol. The topological polar surface area (TPSA) is 86.6 Å². The smallest absolute Gasteiger partial charge is 0.326 e. The summed E-state index contributed by atoms with van der Waals surface area (Å²) >= 11 is 0. The monoisotopic (exact) mass is 245 g/mol. The van der Waals surface area contributed by atoms with Crippen LogP contribution < -0.4 is 5.32 Å². The van der Waals surface area contributed by atoms with Gasteiger partial charge in [0.15, 0.2) is 0 Å². The molecule has 0 aliphatic heterocycles. The van der Waals surface area contributed by atoms with E-state index in [9.17, 15) is 14.7 Å². The third-order valence-corrected chi connectivity index (χ3v) is 2.46. The summed E-state index contributed by atoms with van der Waals surface area (Å²) < 4.78 is 0. The quantitative estimate of drug-likeness (QED) is 0.598. The molecule has 0 aliphatic carbocycles. The molecule has 0 heterocycles. The molecule has 100 valence electrons. The van der Waals surface area contributed by atoms with E-state index < -0.39 is 24.0 Å². The summed E-state index contributed by atoms with van der Waals surface area (Å²) in [4.78, 5) is 22.4. The van der Waals surface area contributed by atoms with Crippen LogP contribution >= 0.6 is 0 Å². The summed E-state index contributed by atoms with van der Waals surface area (Å²) in [6.07, 6.45) is 1.21. The number of amides is 1. The summed E-state index contributed by atoms with van der Waals surface area (Å²) in [6, 6.07) is -0.899. The fourth-order valence-electron chi connectivity index (χ4n) is 1.49. The van der Waals surface area contributed by atoms with E-state index >= 15 is 0 Å². The highest BCUT2D eigenvalue weighted by Crippen LogP contribution is 2.06. The molecule has 0 unspecified atom stereocenters. The van der Waals surface area contributed by atoms with Crippen LogP contribution in [-0.4, -0.2) is 34.2 Å². The molecule has 0 saturated heterocycles. The van der Waals surface area contributed by atoms with Crippen molar-refractivity contribution in [1.82, 2.24) is 5.32 Å². The number of carbonyl (C=O) groups is 2. The number of hydrogen-bond acceptors (Lipinski definition) is 3. The zero-order valence-electron chi connectivity index (χ0n) is 10.8. The van der Waals surface area contributed by atoms with Gasteiger partial charge in [0, 0.05) is 0 Å². The number of aliphatic carboxylic acids is 1. The van der Waals surface area contributed by atoms with Gasteiger partial charge >= 0.3 is 5.97 Å². The lowest BCUT2D eigenvalue weighted by atomic mass is 10.0. The predicted octanol–water partition coefficient (Wildman–Crippen LogP) is 1.15. The van der Waals surface area contributed by atoms with Gasteiger partial charge in [-0.15, -0.1) is 0 Å². The Labute approximate surface area is 102 Å². The average Bonchev–Trinajstić information content (AvgIpc) is 2.22. The number of nitrogens with one attached hydrogen (secondary N) is 1. The molecule has 5 heteroatoms. The third kappa shape index (κ3) is 6.94. The van der Waals surface area contributed by atoms with E-state index in [-0.39, 0.29) is 5.92 Å². The molecule has 0 saturated carbocycles. The summed E-state index contributed by atoms with van der Waals surface area (Å²) in [5, 5.41) is 20.8. The first-order chi connectivity index (χ1) is 7.88. The maximum Gasteiger partial charge on any atom is 0.326 e. The van der Waals surface area contributed by atoms with Crippen LogP contribution in [0.2, 0.25) is 0 Å². The van der Waals surface area contributed by atoms with Crippen LogP contribution in [0.15, 0.2) is 0 Å². The van der Waals surface area contributed by atoms with Crippen molar-refractivity contribution in [1.29, 1.82) is 0 Å². The second kappa shape index (κ2) is 8.06. The normalized spacial score (nSPS) is 14.4. The molecule has 0 aromatic carbocycles. The number of carboxylic acid groups (broad SMARTS) is 1. The van der Waals surface area contributed by atoms with Crippen LogP contribution in [0.25, 0.3) is 0 Å². The Hall–Kier alpha value is -1.10. The lowest BCUT2D eigenvalue weighted by Gasteiger charge is -2.18. The van der Waals surface area contributed by atoms with Gasteiger partial charge in [0.1, 0.15) is 12.1 Å². The van der Waals surface area contributed by atoms with Gasteiger partial charge < -0.3 is 15.5 Å². The first-order valence-electron chi connectivity index (χ1n) is 6.09. The Bertz CT molecular complexity index is 253. The molecule has 0 fully saturated rings. The van der Waals surface area contributed by atoms with Gasteiger partial charge in [-0.25, -0.2) is 4.79 Å². The standard InChI is InChI=1S/C12H23NO4/c1-4-5-6-9(12(16)17)13-11(15)10(14)7-8(2)3/h8-10,14H,4-7H2,1-3H3,(H,13,15)(H,16,17)/t9-,10-/m1/s1. The van der Waals surface area contributed by atoms with Crippen molar-refractivity contribution >= 4 is 11.9 Å². The minimum Gasteiger partial charge on any atom is -0.480 e. The summed E-state index contributed by atoms with van der Waals surface area (Å²) in [5.74, 6) is -1.46. The lowest BCUT2D eigenvalue weighted by Crippen LogP contribution is -2.45. The van der Waals surface area contributed by atoms with Crippen molar-refractivity contribution in [3.05, 3.63) is 0 Å². The number of rotatable bonds is 8. The number of unbranched alkanes of at least 4 members (excludes halogenated alkanes) is 1. The van der Waals surface area contributed by atoms with Gasteiger partial charge in [-0.05, 0) is 18.8 Å². The molecule has 2 atom stereocenters. The number of aliphatic hydroxyl groups is 1. The van der Waals surface area contributed by atoms with Gasteiger partial charge in [-0.1, -0.05) is 33.6 Å².